The quantitative estimate of drug-likeness (QED) is 0.773. The minimum atomic E-state index is -0.514. The summed E-state index contributed by atoms with van der Waals surface area (Å²) in [6, 6.07) is 7.65. The molecule has 0 bridgehead atoms. The molecule has 1 atom stereocenters. The Balaban J connectivity index is 1.90. The zero-order valence-electron chi connectivity index (χ0n) is 11.9. The molecule has 0 aliphatic carbocycles. The standard InChI is InChI=1S/C15H20N2O3/c1-12-4-3-5-14(10-12)20-13(2)15(19)17-8-6-16(11-18)7-9-17/h3-5,10-11,13H,6-9H2,1-2H3/t13-/m0/s1. The minimum absolute atomic E-state index is 0.0305. The summed E-state index contributed by atoms with van der Waals surface area (Å²) in [5.74, 6) is 0.675. The summed E-state index contributed by atoms with van der Waals surface area (Å²) in [4.78, 5) is 26.3. The number of carbonyl (C=O) groups is 2. The molecule has 0 aromatic heterocycles. The van der Waals surface area contributed by atoms with Gasteiger partial charge in [-0.1, -0.05) is 12.1 Å². The largest absolute Gasteiger partial charge is 0.481 e. The maximum absolute atomic E-state index is 12.3. The number of ether oxygens (including phenoxy) is 1. The van der Waals surface area contributed by atoms with Crippen molar-refractivity contribution in [1.82, 2.24) is 9.80 Å². The van der Waals surface area contributed by atoms with Gasteiger partial charge in [0.05, 0.1) is 0 Å². The molecule has 20 heavy (non-hydrogen) atoms. The van der Waals surface area contributed by atoms with E-state index in [1.807, 2.05) is 31.2 Å². The van der Waals surface area contributed by atoms with E-state index in [1.165, 1.54) is 0 Å². The van der Waals surface area contributed by atoms with Crippen molar-refractivity contribution in [2.75, 3.05) is 26.2 Å². The van der Waals surface area contributed by atoms with Crippen molar-refractivity contribution in [1.29, 1.82) is 0 Å². The molecule has 1 fully saturated rings. The van der Waals surface area contributed by atoms with Gasteiger partial charge in [0, 0.05) is 26.2 Å². The number of amides is 2. The Labute approximate surface area is 119 Å². The fourth-order valence-corrected chi connectivity index (χ4v) is 2.25. The molecule has 5 heteroatoms. The van der Waals surface area contributed by atoms with Gasteiger partial charge in [-0.3, -0.25) is 9.59 Å². The second kappa shape index (κ2) is 6.41. The van der Waals surface area contributed by atoms with Gasteiger partial charge in [-0.15, -0.1) is 0 Å². The Morgan fingerprint density at radius 2 is 2.00 bits per heavy atom. The third-order valence-electron chi connectivity index (χ3n) is 3.43. The van der Waals surface area contributed by atoms with Crippen LogP contribution in [0.2, 0.25) is 0 Å². The number of piperazine rings is 1. The Morgan fingerprint density at radius 1 is 1.30 bits per heavy atom. The summed E-state index contributed by atoms with van der Waals surface area (Å²) in [6.45, 7) is 6.06. The highest BCUT2D eigenvalue weighted by Gasteiger charge is 2.25. The average molecular weight is 276 g/mol. The molecule has 0 saturated carbocycles. The van der Waals surface area contributed by atoms with E-state index in [0.717, 1.165) is 12.0 Å². The van der Waals surface area contributed by atoms with Crippen LogP contribution in [-0.2, 0) is 9.59 Å². The smallest absolute Gasteiger partial charge is 0.263 e. The van der Waals surface area contributed by atoms with E-state index < -0.39 is 6.10 Å². The first-order valence-corrected chi connectivity index (χ1v) is 6.81. The highest BCUT2D eigenvalue weighted by molar-refractivity contribution is 5.81. The molecule has 108 valence electrons. The fraction of sp³-hybridized carbons (Fsp3) is 0.467. The topological polar surface area (TPSA) is 49.9 Å². The van der Waals surface area contributed by atoms with E-state index in [0.29, 0.717) is 31.9 Å². The summed E-state index contributed by atoms with van der Waals surface area (Å²) in [6.07, 6.45) is 0.314. The average Bonchev–Trinajstić information content (AvgIpc) is 2.46. The highest BCUT2D eigenvalue weighted by Crippen LogP contribution is 2.15. The minimum Gasteiger partial charge on any atom is -0.481 e. The molecular weight excluding hydrogens is 256 g/mol. The fourth-order valence-electron chi connectivity index (χ4n) is 2.25. The maximum atomic E-state index is 12.3. The van der Waals surface area contributed by atoms with Crippen molar-refractivity contribution >= 4 is 12.3 Å². The van der Waals surface area contributed by atoms with Gasteiger partial charge in [0.2, 0.25) is 6.41 Å². The van der Waals surface area contributed by atoms with E-state index in [2.05, 4.69) is 0 Å². The molecule has 0 spiro atoms. The molecule has 1 heterocycles. The zero-order valence-corrected chi connectivity index (χ0v) is 11.9. The second-order valence-electron chi connectivity index (χ2n) is 5.04. The molecule has 1 aliphatic heterocycles. The van der Waals surface area contributed by atoms with Gasteiger partial charge in [-0.05, 0) is 31.5 Å². The van der Waals surface area contributed by atoms with E-state index in [1.54, 1.807) is 16.7 Å². The molecular formula is C15H20N2O3. The van der Waals surface area contributed by atoms with Crippen LogP contribution >= 0.6 is 0 Å². The Hall–Kier alpha value is -2.04. The van der Waals surface area contributed by atoms with Gasteiger partial charge in [0.15, 0.2) is 6.10 Å². The van der Waals surface area contributed by atoms with Gasteiger partial charge in [-0.2, -0.15) is 0 Å². The summed E-state index contributed by atoms with van der Waals surface area (Å²) >= 11 is 0. The molecule has 0 N–H and O–H groups in total. The summed E-state index contributed by atoms with van der Waals surface area (Å²) in [5, 5.41) is 0. The van der Waals surface area contributed by atoms with Gasteiger partial charge in [0.25, 0.3) is 5.91 Å². The maximum Gasteiger partial charge on any atom is 0.263 e. The van der Waals surface area contributed by atoms with Crippen molar-refractivity contribution in [2.45, 2.75) is 20.0 Å². The van der Waals surface area contributed by atoms with Crippen LogP contribution in [0.1, 0.15) is 12.5 Å². The second-order valence-corrected chi connectivity index (χ2v) is 5.04. The van der Waals surface area contributed by atoms with E-state index >= 15 is 0 Å². The van der Waals surface area contributed by atoms with Gasteiger partial charge >= 0.3 is 0 Å². The van der Waals surface area contributed by atoms with E-state index in [4.69, 9.17) is 4.74 Å². The van der Waals surface area contributed by atoms with Crippen LogP contribution in [0.4, 0.5) is 0 Å². The predicted octanol–water partition coefficient (Wildman–Crippen LogP) is 1.06. The molecule has 2 rings (SSSR count). The van der Waals surface area contributed by atoms with Crippen molar-refractivity contribution in [3.63, 3.8) is 0 Å². The van der Waals surface area contributed by atoms with Gasteiger partial charge < -0.3 is 14.5 Å². The summed E-state index contributed by atoms with van der Waals surface area (Å²) < 4.78 is 5.69. The molecule has 1 aromatic carbocycles. The highest BCUT2D eigenvalue weighted by atomic mass is 16.5. The van der Waals surface area contributed by atoms with Crippen molar-refractivity contribution in [3.8, 4) is 5.75 Å². The first-order valence-electron chi connectivity index (χ1n) is 6.81. The molecule has 0 radical (unpaired) electrons. The third kappa shape index (κ3) is 3.50. The first kappa shape index (κ1) is 14.4. The van der Waals surface area contributed by atoms with Gasteiger partial charge in [-0.25, -0.2) is 0 Å². The number of hydrogen-bond acceptors (Lipinski definition) is 3. The van der Waals surface area contributed by atoms with Crippen molar-refractivity contribution in [3.05, 3.63) is 29.8 Å². The number of aryl methyl sites for hydroxylation is 1. The van der Waals surface area contributed by atoms with Gasteiger partial charge in [0.1, 0.15) is 5.75 Å². The number of nitrogens with zero attached hydrogens (tertiary/aromatic N) is 2. The van der Waals surface area contributed by atoms with Crippen molar-refractivity contribution < 1.29 is 14.3 Å². The molecule has 1 aliphatic rings. The zero-order chi connectivity index (χ0) is 14.5. The van der Waals surface area contributed by atoms with Crippen LogP contribution in [0.5, 0.6) is 5.75 Å². The summed E-state index contributed by atoms with van der Waals surface area (Å²) in [7, 11) is 0. The van der Waals surface area contributed by atoms with E-state index in [9.17, 15) is 9.59 Å². The molecule has 1 aromatic rings. The lowest BCUT2D eigenvalue weighted by Crippen LogP contribution is -2.51. The lowest BCUT2D eigenvalue weighted by atomic mass is 10.2. The number of rotatable bonds is 4. The lowest BCUT2D eigenvalue weighted by Gasteiger charge is -2.34. The van der Waals surface area contributed by atoms with Crippen LogP contribution < -0.4 is 4.74 Å². The Kier molecular flexibility index (Phi) is 4.61. The van der Waals surface area contributed by atoms with Crippen LogP contribution in [0, 0.1) is 6.92 Å². The van der Waals surface area contributed by atoms with Crippen LogP contribution in [0.25, 0.3) is 0 Å². The SMILES string of the molecule is Cc1cccc(O[C@@H](C)C(=O)N2CCN(C=O)CC2)c1. The molecule has 1 saturated heterocycles. The van der Waals surface area contributed by atoms with Crippen LogP contribution in [0.3, 0.4) is 0 Å². The number of hydrogen-bond donors (Lipinski definition) is 0. The molecule has 2 amide bonds. The number of carbonyl (C=O) groups excluding carboxylic acids is 2. The molecule has 0 unspecified atom stereocenters. The molecule has 5 nitrogen and oxygen atoms in total. The lowest BCUT2D eigenvalue weighted by molar-refractivity contribution is -0.141. The van der Waals surface area contributed by atoms with Crippen molar-refractivity contribution in [2.24, 2.45) is 0 Å². The number of benzene rings is 1. The Morgan fingerprint density at radius 3 is 2.60 bits per heavy atom. The monoisotopic (exact) mass is 276 g/mol. The predicted molar refractivity (Wildman–Crippen MR) is 75.5 cm³/mol. The normalized spacial score (nSPS) is 16.7. The first-order chi connectivity index (χ1) is 9.60. The van der Waals surface area contributed by atoms with E-state index in [-0.39, 0.29) is 5.91 Å². The van der Waals surface area contributed by atoms with Crippen LogP contribution in [-0.4, -0.2) is 54.4 Å². The van der Waals surface area contributed by atoms with Crippen LogP contribution in [0.15, 0.2) is 24.3 Å². The Bertz CT molecular complexity index is 482. The summed E-state index contributed by atoms with van der Waals surface area (Å²) in [5.41, 5.74) is 1.10. The third-order valence-corrected chi connectivity index (χ3v) is 3.43.